The van der Waals surface area contributed by atoms with Gasteiger partial charge in [0.15, 0.2) is 0 Å². The van der Waals surface area contributed by atoms with Crippen LogP contribution in [-0.2, 0) is 4.79 Å². The number of carbonyl (C=O) groups excluding carboxylic acids is 1. The number of nitrogens with one attached hydrogen (secondary N) is 1. The molecule has 4 aromatic rings. The van der Waals surface area contributed by atoms with Crippen LogP contribution < -0.4 is 14.8 Å². The number of benzene rings is 2. The summed E-state index contributed by atoms with van der Waals surface area (Å²) in [5, 5.41) is 3.74. The minimum atomic E-state index is -0.256. The molecule has 4 rings (SSSR count). The predicted molar refractivity (Wildman–Crippen MR) is 131 cm³/mol. The molecule has 0 unspecified atom stereocenters. The van der Waals surface area contributed by atoms with E-state index in [2.05, 4.69) is 10.3 Å². The van der Waals surface area contributed by atoms with Gasteiger partial charge in [-0.25, -0.2) is 4.98 Å². The minimum Gasteiger partial charge on any atom is -0.497 e. The van der Waals surface area contributed by atoms with Crippen molar-refractivity contribution in [3.8, 4) is 22.6 Å². The maximum absolute atomic E-state index is 12.6. The topological polar surface area (TPSA) is 73.6 Å². The number of methoxy groups -OCH3 is 1. The summed E-state index contributed by atoms with van der Waals surface area (Å²) >= 11 is 0. The second-order valence-electron chi connectivity index (χ2n) is 7.64. The Bertz CT molecular complexity index is 1340. The van der Waals surface area contributed by atoms with Gasteiger partial charge in [0.05, 0.1) is 20.0 Å². The molecular formula is C27H26N2O4. The molecule has 0 aliphatic carbocycles. The van der Waals surface area contributed by atoms with Crippen LogP contribution in [0.25, 0.3) is 27.7 Å². The van der Waals surface area contributed by atoms with Crippen LogP contribution in [-0.4, -0.2) is 24.6 Å². The molecule has 2 heterocycles. The molecule has 1 N–H and O–H groups in total. The molecule has 0 radical (unpaired) electrons. The van der Waals surface area contributed by atoms with Crippen molar-refractivity contribution in [2.75, 3.05) is 19.0 Å². The monoisotopic (exact) mass is 442 g/mol. The highest BCUT2D eigenvalue weighted by Gasteiger charge is 2.16. The lowest BCUT2D eigenvalue weighted by Crippen LogP contribution is -2.10. The molecule has 6 nitrogen and oxygen atoms in total. The molecule has 1 amide bonds. The van der Waals surface area contributed by atoms with Crippen molar-refractivity contribution >= 4 is 28.3 Å². The Labute approximate surface area is 192 Å². The van der Waals surface area contributed by atoms with Crippen LogP contribution >= 0.6 is 0 Å². The number of ether oxygens (including phenoxy) is 2. The first-order valence-electron chi connectivity index (χ1n) is 10.7. The lowest BCUT2D eigenvalue weighted by Gasteiger charge is -2.12. The summed E-state index contributed by atoms with van der Waals surface area (Å²) in [5.74, 6) is 1.69. The molecule has 0 fully saturated rings. The summed E-state index contributed by atoms with van der Waals surface area (Å²) < 4.78 is 17.1. The summed E-state index contributed by atoms with van der Waals surface area (Å²) in [4.78, 5) is 17.0. The first-order chi connectivity index (χ1) is 16.0. The van der Waals surface area contributed by atoms with E-state index in [-0.39, 0.29) is 5.91 Å². The molecule has 168 valence electrons. The molecule has 0 saturated carbocycles. The Kier molecular flexibility index (Phi) is 6.45. The van der Waals surface area contributed by atoms with Crippen LogP contribution in [0.15, 0.2) is 71.4 Å². The number of pyridine rings is 1. The van der Waals surface area contributed by atoms with Crippen LogP contribution in [0.5, 0.6) is 11.5 Å². The Balaban J connectivity index is 1.73. The maximum Gasteiger partial charge on any atom is 0.249 e. The zero-order chi connectivity index (χ0) is 23.4. The van der Waals surface area contributed by atoms with Gasteiger partial charge in [0.25, 0.3) is 0 Å². The van der Waals surface area contributed by atoms with Gasteiger partial charge in [0, 0.05) is 34.3 Å². The average Bonchev–Trinajstić information content (AvgIpc) is 3.21. The van der Waals surface area contributed by atoms with Gasteiger partial charge in [0.2, 0.25) is 5.91 Å². The number of aryl methyl sites for hydroxylation is 1. The Morgan fingerprint density at radius 2 is 1.97 bits per heavy atom. The number of hydrogen-bond acceptors (Lipinski definition) is 5. The molecule has 2 aromatic heterocycles. The van der Waals surface area contributed by atoms with Gasteiger partial charge in [-0.1, -0.05) is 18.2 Å². The second kappa shape index (κ2) is 9.61. The Morgan fingerprint density at radius 1 is 1.15 bits per heavy atom. The first-order valence-corrected chi connectivity index (χ1v) is 10.7. The molecule has 0 aliphatic heterocycles. The Morgan fingerprint density at radius 3 is 2.73 bits per heavy atom. The van der Waals surface area contributed by atoms with E-state index in [0.29, 0.717) is 23.8 Å². The predicted octanol–water partition coefficient (Wildman–Crippen LogP) is 6.25. The van der Waals surface area contributed by atoms with Crippen molar-refractivity contribution in [3.05, 3.63) is 78.2 Å². The summed E-state index contributed by atoms with van der Waals surface area (Å²) in [5.41, 5.74) is 5.05. The van der Waals surface area contributed by atoms with Gasteiger partial charge in [-0.3, -0.25) is 4.79 Å². The van der Waals surface area contributed by atoms with Crippen molar-refractivity contribution in [2.24, 2.45) is 0 Å². The van der Waals surface area contributed by atoms with Crippen molar-refractivity contribution in [1.82, 2.24) is 4.98 Å². The summed E-state index contributed by atoms with van der Waals surface area (Å²) in [6.45, 7) is 6.19. The number of hydrogen-bond donors (Lipinski definition) is 1. The molecule has 0 atom stereocenters. The van der Waals surface area contributed by atoms with Crippen molar-refractivity contribution in [1.29, 1.82) is 0 Å². The van der Waals surface area contributed by atoms with Crippen LogP contribution in [0.2, 0.25) is 0 Å². The largest absolute Gasteiger partial charge is 0.497 e. The van der Waals surface area contributed by atoms with E-state index in [4.69, 9.17) is 13.9 Å². The fourth-order valence-corrected chi connectivity index (χ4v) is 3.70. The maximum atomic E-state index is 12.6. The van der Waals surface area contributed by atoms with Gasteiger partial charge >= 0.3 is 0 Å². The molecule has 0 saturated heterocycles. The van der Waals surface area contributed by atoms with Crippen LogP contribution in [0.4, 0.5) is 5.82 Å². The van der Waals surface area contributed by atoms with E-state index < -0.39 is 0 Å². The first kappa shape index (κ1) is 22.1. The summed E-state index contributed by atoms with van der Waals surface area (Å²) in [6, 6.07) is 17.2. The molecule has 0 spiro atoms. The van der Waals surface area contributed by atoms with Crippen molar-refractivity contribution < 1.29 is 18.7 Å². The zero-order valence-electron chi connectivity index (χ0n) is 19.1. The summed E-state index contributed by atoms with van der Waals surface area (Å²) in [7, 11) is 1.64. The molecule has 2 aromatic carbocycles. The zero-order valence-corrected chi connectivity index (χ0v) is 19.1. The summed E-state index contributed by atoms with van der Waals surface area (Å²) in [6.07, 6.45) is 3.28. The van der Waals surface area contributed by atoms with E-state index in [1.807, 2.05) is 69.3 Å². The highest BCUT2D eigenvalue weighted by atomic mass is 16.5. The molecule has 0 bridgehead atoms. The van der Waals surface area contributed by atoms with Crippen LogP contribution in [0.1, 0.15) is 25.1 Å². The number of rotatable bonds is 7. The lowest BCUT2D eigenvalue weighted by atomic mass is 9.99. The van der Waals surface area contributed by atoms with Gasteiger partial charge in [0.1, 0.15) is 22.9 Å². The number of anilines is 1. The van der Waals surface area contributed by atoms with E-state index in [0.717, 1.165) is 39.1 Å². The number of furan rings is 1. The molecular weight excluding hydrogens is 416 g/mol. The normalized spacial score (nSPS) is 11.5. The van der Waals surface area contributed by atoms with Gasteiger partial charge in [-0.05, 0) is 62.2 Å². The average molecular weight is 443 g/mol. The highest BCUT2D eigenvalue weighted by molar-refractivity contribution is 6.05. The second-order valence-corrected chi connectivity index (χ2v) is 7.64. The van der Waals surface area contributed by atoms with Gasteiger partial charge in [-0.2, -0.15) is 0 Å². The molecule has 6 heteroatoms. The van der Waals surface area contributed by atoms with E-state index in [1.165, 1.54) is 0 Å². The third-order valence-electron chi connectivity index (χ3n) is 5.27. The van der Waals surface area contributed by atoms with E-state index in [9.17, 15) is 4.79 Å². The van der Waals surface area contributed by atoms with Crippen LogP contribution in [0, 0.1) is 6.92 Å². The molecule has 33 heavy (non-hydrogen) atoms. The number of fused-ring (bicyclic) bond motifs is 1. The number of carbonyl (C=O) groups is 1. The van der Waals surface area contributed by atoms with Gasteiger partial charge in [-0.15, -0.1) is 0 Å². The number of amides is 1. The van der Waals surface area contributed by atoms with E-state index >= 15 is 0 Å². The number of nitrogens with zero attached hydrogens (tertiary/aromatic N) is 1. The third-order valence-corrected chi connectivity index (χ3v) is 5.27. The minimum absolute atomic E-state index is 0.256. The Hall–Kier alpha value is -4.06. The molecule has 0 aliphatic rings. The van der Waals surface area contributed by atoms with E-state index in [1.54, 1.807) is 25.5 Å². The quantitative estimate of drug-likeness (QED) is 0.342. The smallest absolute Gasteiger partial charge is 0.249 e. The highest BCUT2D eigenvalue weighted by Crippen LogP contribution is 2.38. The fraction of sp³-hybridized carbons (Fsp3) is 0.185. The van der Waals surface area contributed by atoms with Crippen LogP contribution in [0.3, 0.4) is 0 Å². The number of allylic oxidation sites excluding steroid dienone is 1. The number of aromatic nitrogens is 1. The third kappa shape index (κ3) is 4.90. The fourth-order valence-electron chi connectivity index (χ4n) is 3.70. The standard InChI is InChI=1S/C27H26N2O4/c1-5-32-24-15-25-22(23(16-33-25)19-9-7-10-20(13-19)31-4)14-21(24)17(2)12-27(30)29-26-11-6-8-18(3)28-26/h6-16H,5H2,1-4H3,(H,28,29,30)/b17-12+. The van der Waals surface area contributed by atoms with Gasteiger partial charge < -0.3 is 19.2 Å². The lowest BCUT2D eigenvalue weighted by molar-refractivity contribution is -0.111. The van der Waals surface area contributed by atoms with Crippen molar-refractivity contribution in [3.63, 3.8) is 0 Å². The SMILES string of the molecule is CCOc1cc2occ(-c3cccc(OC)c3)c2cc1/C(C)=C/C(=O)Nc1cccc(C)n1. The van der Waals surface area contributed by atoms with Crippen molar-refractivity contribution in [2.45, 2.75) is 20.8 Å².